The number of nitrogens with one attached hydrogen (secondary N) is 2. The number of benzene rings is 3. The maximum absolute atomic E-state index is 12.9. The SMILES string of the molecule is COc1cc(OC)c(Cl)c(-c2ccc3c(c2)CN=C3NC(=O)c2ccc(NCCCN(C)C)cc2)c1Cl. The maximum Gasteiger partial charge on any atom is 0.256 e. The molecule has 1 aliphatic rings. The molecule has 37 heavy (non-hydrogen) atoms. The Labute approximate surface area is 227 Å². The Bertz CT molecular complexity index is 1300. The number of halogens is 2. The van der Waals surface area contributed by atoms with Gasteiger partial charge in [0, 0.05) is 35.0 Å². The third kappa shape index (κ3) is 6.01. The summed E-state index contributed by atoms with van der Waals surface area (Å²) in [6.07, 6.45) is 1.04. The van der Waals surface area contributed by atoms with Crippen LogP contribution in [0.25, 0.3) is 11.1 Å². The standard InChI is InChI=1S/C28H30Cl2N4O3/c1-34(2)13-5-12-31-20-9-6-17(7-10-20)28(35)33-27-21-11-8-18(14-19(21)16-32-27)24-25(29)22(36-3)15-23(37-4)26(24)30/h6-11,14-15,31H,5,12-13,16H2,1-4H3,(H,32,33,35). The quantitative estimate of drug-likeness (QED) is 0.339. The number of ether oxygens (including phenoxy) is 2. The summed E-state index contributed by atoms with van der Waals surface area (Å²) in [7, 11) is 7.20. The van der Waals surface area contributed by atoms with Gasteiger partial charge in [0.2, 0.25) is 0 Å². The van der Waals surface area contributed by atoms with E-state index in [1.54, 1.807) is 20.3 Å². The average molecular weight is 541 g/mol. The first-order chi connectivity index (χ1) is 17.8. The van der Waals surface area contributed by atoms with Crippen LogP contribution in [0.4, 0.5) is 5.69 Å². The van der Waals surface area contributed by atoms with Crippen molar-refractivity contribution in [3.63, 3.8) is 0 Å². The Kier molecular flexibility index (Phi) is 8.59. The molecule has 3 aromatic rings. The van der Waals surface area contributed by atoms with Crippen molar-refractivity contribution in [3.05, 3.63) is 75.3 Å². The molecule has 0 fully saturated rings. The summed E-state index contributed by atoms with van der Waals surface area (Å²) in [5, 5.41) is 7.12. The van der Waals surface area contributed by atoms with Gasteiger partial charge in [-0.25, -0.2) is 0 Å². The first kappa shape index (κ1) is 26.8. The second kappa shape index (κ2) is 11.9. The van der Waals surface area contributed by atoms with Crippen LogP contribution >= 0.6 is 23.2 Å². The molecule has 0 atom stereocenters. The smallest absolute Gasteiger partial charge is 0.256 e. The van der Waals surface area contributed by atoms with E-state index in [1.165, 1.54) is 0 Å². The molecule has 0 aromatic heterocycles. The van der Waals surface area contributed by atoms with Crippen LogP contribution in [-0.4, -0.2) is 58.0 Å². The maximum atomic E-state index is 12.9. The fraction of sp³-hybridized carbons (Fsp3) is 0.286. The number of carbonyl (C=O) groups excluding carboxylic acids is 1. The summed E-state index contributed by atoms with van der Waals surface area (Å²) < 4.78 is 10.8. The molecular weight excluding hydrogens is 511 g/mol. The van der Waals surface area contributed by atoms with Gasteiger partial charge in [-0.15, -0.1) is 0 Å². The summed E-state index contributed by atoms with van der Waals surface area (Å²) in [6.45, 7) is 2.33. The fourth-order valence-electron chi connectivity index (χ4n) is 4.15. The summed E-state index contributed by atoms with van der Waals surface area (Å²) in [6, 6.07) is 14.9. The van der Waals surface area contributed by atoms with Crippen molar-refractivity contribution >= 4 is 40.6 Å². The number of anilines is 1. The number of hydrogen-bond donors (Lipinski definition) is 2. The van der Waals surface area contributed by atoms with Crippen molar-refractivity contribution in [2.75, 3.05) is 46.7 Å². The van der Waals surface area contributed by atoms with Crippen LogP contribution in [-0.2, 0) is 6.54 Å². The fourth-order valence-corrected chi connectivity index (χ4v) is 4.87. The van der Waals surface area contributed by atoms with E-state index in [1.807, 2.05) is 42.5 Å². The van der Waals surface area contributed by atoms with Crippen LogP contribution in [0.2, 0.25) is 10.0 Å². The van der Waals surface area contributed by atoms with Crippen molar-refractivity contribution in [1.29, 1.82) is 0 Å². The Hall–Kier alpha value is -3.26. The van der Waals surface area contributed by atoms with E-state index in [0.717, 1.165) is 41.9 Å². The minimum absolute atomic E-state index is 0.210. The predicted molar refractivity (Wildman–Crippen MR) is 151 cm³/mol. The molecule has 3 aromatic carbocycles. The Balaban J connectivity index is 1.46. The van der Waals surface area contributed by atoms with Gasteiger partial charge in [0.05, 0.1) is 30.8 Å². The van der Waals surface area contributed by atoms with Gasteiger partial charge in [0.25, 0.3) is 5.91 Å². The number of hydrogen-bond acceptors (Lipinski definition) is 6. The number of methoxy groups -OCH3 is 2. The van der Waals surface area contributed by atoms with Crippen molar-refractivity contribution in [3.8, 4) is 22.6 Å². The van der Waals surface area contributed by atoms with E-state index in [2.05, 4.69) is 34.6 Å². The monoisotopic (exact) mass is 540 g/mol. The molecule has 7 nitrogen and oxygen atoms in total. The topological polar surface area (TPSA) is 75.2 Å². The average Bonchev–Trinajstić information content (AvgIpc) is 3.29. The highest BCUT2D eigenvalue weighted by Crippen LogP contribution is 2.46. The molecule has 2 N–H and O–H groups in total. The zero-order chi connectivity index (χ0) is 26.5. The molecule has 0 saturated carbocycles. The minimum Gasteiger partial charge on any atom is -0.495 e. The van der Waals surface area contributed by atoms with Gasteiger partial charge >= 0.3 is 0 Å². The van der Waals surface area contributed by atoms with E-state index in [4.69, 9.17) is 32.7 Å². The van der Waals surface area contributed by atoms with Crippen LogP contribution in [0, 0.1) is 0 Å². The number of carbonyl (C=O) groups is 1. The predicted octanol–water partition coefficient (Wildman–Crippen LogP) is 5.73. The lowest BCUT2D eigenvalue weighted by Crippen LogP contribution is -2.30. The number of aliphatic imine (C=N–C) groups is 1. The van der Waals surface area contributed by atoms with Crippen molar-refractivity contribution < 1.29 is 14.3 Å². The first-order valence-corrected chi connectivity index (χ1v) is 12.7. The van der Waals surface area contributed by atoms with Crippen LogP contribution < -0.4 is 20.1 Å². The largest absolute Gasteiger partial charge is 0.495 e. The Morgan fingerprint density at radius 1 is 1.00 bits per heavy atom. The second-order valence-electron chi connectivity index (χ2n) is 8.94. The number of nitrogens with zero attached hydrogens (tertiary/aromatic N) is 2. The molecule has 1 aliphatic heterocycles. The molecule has 0 spiro atoms. The highest BCUT2D eigenvalue weighted by Gasteiger charge is 2.23. The number of amides is 1. The molecule has 1 amide bonds. The molecule has 0 saturated heterocycles. The van der Waals surface area contributed by atoms with Gasteiger partial charge in [0.15, 0.2) is 0 Å². The molecule has 9 heteroatoms. The number of rotatable bonds is 9. The van der Waals surface area contributed by atoms with Crippen LogP contribution in [0.5, 0.6) is 11.5 Å². The molecule has 4 rings (SSSR count). The summed E-state index contributed by atoms with van der Waals surface area (Å²) in [5.74, 6) is 1.27. The minimum atomic E-state index is -0.210. The Morgan fingerprint density at radius 2 is 1.68 bits per heavy atom. The Morgan fingerprint density at radius 3 is 2.30 bits per heavy atom. The van der Waals surface area contributed by atoms with E-state index in [-0.39, 0.29) is 5.91 Å². The lowest BCUT2D eigenvalue weighted by molar-refractivity contribution is 0.0977. The van der Waals surface area contributed by atoms with Crippen molar-refractivity contribution in [2.45, 2.75) is 13.0 Å². The van der Waals surface area contributed by atoms with E-state index < -0.39 is 0 Å². The normalized spacial score (nSPS) is 12.2. The van der Waals surface area contributed by atoms with Gasteiger partial charge in [-0.05, 0) is 68.5 Å². The summed E-state index contributed by atoms with van der Waals surface area (Å²) in [5.41, 5.74) is 4.79. The lowest BCUT2D eigenvalue weighted by Gasteiger charge is -2.15. The van der Waals surface area contributed by atoms with Gasteiger partial charge in [-0.2, -0.15) is 0 Å². The highest BCUT2D eigenvalue weighted by atomic mass is 35.5. The van der Waals surface area contributed by atoms with Crippen molar-refractivity contribution in [1.82, 2.24) is 10.2 Å². The highest BCUT2D eigenvalue weighted by molar-refractivity contribution is 6.41. The van der Waals surface area contributed by atoms with Gasteiger partial charge in [-0.1, -0.05) is 35.3 Å². The number of amidine groups is 1. The molecule has 1 heterocycles. The zero-order valence-corrected chi connectivity index (χ0v) is 22.8. The van der Waals surface area contributed by atoms with Crippen LogP contribution in [0.1, 0.15) is 27.9 Å². The van der Waals surface area contributed by atoms with Crippen molar-refractivity contribution in [2.24, 2.45) is 4.99 Å². The molecular formula is C28H30Cl2N4O3. The van der Waals surface area contributed by atoms with Crippen LogP contribution in [0.3, 0.4) is 0 Å². The van der Waals surface area contributed by atoms with Gasteiger partial charge in [-0.3, -0.25) is 9.79 Å². The van der Waals surface area contributed by atoms with E-state index >= 15 is 0 Å². The molecule has 0 unspecified atom stereocenters. The third-order valence-electron chi connectivity index (χ3n) is 6.12. The first-order valence-electron chi connectivity index (χ1n) is 11.9. The van der Waals surface area contributed by atoms with Crippen LogP contribution in [0.15, 0.2) is 53.5 Å². The number of fused-ring (bicyclic) bond motifs is 1. The van der Waals surface area contributed by atoms with Gasteiger partial charge < -0.3 is 25.0 Å². The van der Waals surface area contributed by atoms with E-state index in [9.17, 15) is 4.79 Å². The lowest BCUT2D eigenvalue weighted by atomic mass is 9.99. The summed E-state index contributed by atoms with van der Waals surface area (Å²) in [4.78, 5) is 19.6. The summed E-state index contributed by atoms with van der Waals surface area (Å²) >= 11 is 13.2. The van der Waals surface area contributed by atoms with E-state index in [0.29, 0.717) is 45.1 Å². The zero-order valence-electron chi connectivity index (χ0n) is 21.3. The molecule has 0 bridgehead atoms. The van der Waals surface area contributed by atoms with Gasteiger partial charge in [0.1, 0.15) is 17.3 Å². The molecule has 0 aliphatic carbocycles. The third-order valence-corrected chi connectivity index (χ3v) is 6.87. The molecule has 0 radical (unpaired) electrons. The molecule has 194 valence electrons. The second-order valence-corrected chi connectivity index (χ2v) is 9.69.